The van der Waals surface area contributed by atoms with Gasteiger partial charge in [0.05, 0.1) is 16.2 Å². The van der Waals surface area contributed by atoms with Crippen LogP contribution >= 0.6 is 11.3 Å². The molecule has 30 heavy (non-hydrogen) atoms. The highest BCUT2D eigenvalue weighted by Gasteiger charge is 2.30. The maximum Gasteiger partial charge on any atom is 0.416 e. The lowest BCUT2D eigenvalue weighted by molar-refractivity contribution is -0.387. The molecule has 1 N–H and O–H groups in total. The van der Waals surface area contributed by atoms with E-state index < -0.39 is 40.7 Å². The van der Waals surface area contributed by atoms with Crippen LogP contribution in [0, 0.1) is 15.9 Å². The van der Waals surface area contributed by atoms with E-state index in [9.17, 15) is 32.5 Å². The smallest absolute Gasteiger partial charge is 0.416 e. The van der Waals surface area contributed by atoms with Crippen LogP contribution in [0.3, 0.4) is 0 Å². The van der Waals surface area contributed by atoms with Crippen LogP contribution < -0.4 is 10.1 Å². The molecule has 156 valence electrons. The van der Waals surface area contributed by atoms with E-state index in [2.05, 4.69) is 10.3 Å². The second kappa shape index (κ2) is 8.45. The van der Waals surface area contributed by atoms with Crippen LogP contribution in [0.15, 0.2) is 47.8 Å². The lowest BCUT2D eigenvalue weighted by atomic mass is 10.1. The molecule has 0 saturated heterocycles. The Morgan fingerprint density at radius 1 is 1.23 bits per heavy atom. The zero-order valence-electron chi connectivity index (χ0n) is 14.8. The Hall–Kier alpha value is -3.54. The highest BCUT2D eigenvalue weighted by atomic mass is 32.1. The van der Waals surface area contributed by atoms with Crippen LogP contribution in [0.5, 0.6) is 5.75 Å². The second-order valence-electron chi connectivity index (χ2n) is 5.82. The normalized spacial score (nSPS) is 11.2. The minimum atomic E-state index is -4.49. The number of hydrogen-bond donors (Lipinski definition) is 1. The van der Waals surface area contributed by atoms with E-state index in [-0.39, 0.29) is 22.1 Å². The summed E-state index contributed by atoms with van der Waals surface area (Å²) in [5.74, 6) is -1.85. The van der Waals surface area contributed by atoms with E-state index in [4.69, 9.17) is 4.74 Å². The zero-order valence-corrected chi connectivity index (χ0v) is 15.6. The molecule has 1 aromatic heterocycles. The number of benzene rings is 2. The molecule has 0 radical (unpaired) electrons. The minimum absolute atomic E-state index is 0.0861. The van der Waals surface area contributed by atoms with Crippen molar-refractivity contribution in [2.75, 3.05) is 11.9 Å². The third-order valence-corrected chi connectivity index (χ3v) is 4.48. The van der Waals surface area contributed by atoms with Crippen molar-refractivity contribution in [2.45, 2.75) is 6.18 Å². The molecule has 0 fully saturated rings. The Morgan fingerprint density at radius 2 is 2.00 bits per heavy atom. The molecule has 0 aliphatic rings. The highest BCUT2D eigenvalue weighted by molar-refractivity contribution is 7.14. The van der Waals surface area contributed by atoms with Crippen LogP contribution in [0.25, 0.3) is 11.3 Å². The Balaban J connectivity index is 1.62. The fourth-order valence-electron chi connectivity index (χ4n) is 2.35. The summed E-state index contributed by atoms with van der Waals surface area (Å²) in [6.45, 7) is -0.532. The summed E-state index contributed by atoms with van der Waals surface area (Å²) < 4.78 is 57.1. The van der Waals surface area contributed by atoms with Gasteiger partial charge in [0.2, 0.25) is 5.82 Å². The lowest BCUT2D eigenvalue weighted by Gasteiger charge is -2.07. The van der Waals surface area contributed by atoms with Crippen molar-refractivity contribution in [2.24, 2.45) is 0 Å². The van der Waals surface area contributed by atoms with Gasteiger partial charge in [0.1, 0.15) is 5.75 Å². The third-order valence-electron chi connectivity index (χ3n) is 3.72. The molecule has 7 nitrogen and oxygen atoms in total. The van der Waals surface area contributed by atoms with Crippen molar-refractivity contribution in [1.29, 1.82) is 0 Å². The Bertz CT molecular complexity index is 1100. The SMILES string of the molecule is O=C(COc1ccc([N+](=O)[O-])c(F)c1)Nc1nc(-c2cccc(C(F)(F)F)c2)cs1. The topological polar surface area (TPSA) is 94.4 Å². The molecule has 0 saturated carbocycles. The number of nitro groups is 1. The number of nitrogens with zero attached hydrogens (tertiary/aromatic N) is 2. The number of carbonyl (C=O) groups excluding carboxylic acids is 1. The first-order valence-electron chi connectivity index (χ1n) is 8.13. The standard InChI is InChI=1S/C18H11F4N3O4S/c19-13-7-12(4-5-15(13)25(27)28)29-8-16(26)24-17-23-14(9-30-17)10-2-1-3-11(6-10)18(20,21)22/h1-7,9H,8H2,(H,23,24,26). The first-order chi connectivity index (χ1) is 14.1. The molecule has 1 heterocycles. The molecule has 1 amide bonds. The number of alkyl halides is 3. The van der Waals surface area contributed by atoms with Crippen LogP contribution in [-0.4, -0.2) is 22.4 Å². The minimum Gasteiger partial charge on any atom is -0.484 e. The number of halogens is 4. The van der Waals surface area contributed by atoms with E-state index in [0.29, 0.717) is 0 Å². The van der Waals surface area contributed by atoms with Crippen molar-refractivity contribution >= 4 is 28.1 Å². The van der Waals surface area contributed by atoms with Gasteiger partial charge in [-0.15, -0.1) is 11.3 Å². The monoisotopic (exact) mass is 441 g/mol. The Kier molecular flexibility index (Phi) is 5.96. The third kappa shape index (κ3) is 5.08. The van der Waals surface area contributed by atoms with Gasteiger partial charge in [0.15, 0.2) is 11.7 Å². The summed E-state index contributed by atoms with van der Waals surface area (Å²) in [5, 5.41) is 14.6. The van der Waals surface area contributed by atoms with Crippen LogP contribution in [0.2, 0.25) is 0 Å². The van der Waals surface area contributed by atoms with Gasteiger partial charge < -0.3 is 4.74 Å². The molecule has 3 aromatic rings. The average Bonchev–Trinajstić information content (AvgIpc) is 3.14. The van der Waals surface area contributed by atoms with Gasteiger partial charge in [-0.05, 0) is 18.2 Å². The molecular weight excluding hydrogens is 430 g/mol. The Morgan fingerprint density at radius 3 is 2.67 bits per heavy atom. The second-order valence-corrected chi connectivity index (χ2v) is 6.68. The molecule has 0 aliphatic carbocycles. The summed E-state index contributed by atoms with van der Waals surface area (Å²) in [6.07, 6.45) is -4.49. The van der Waals surface area contributed by atoms with Crippen molar-refractivity contribution in [1.82, 2.24) is 4.98 Å². The molecule has 12 heteroatoms. The summed E-state index contributed by atoms with van der Waals surface area (Å²) in [4.78, 5) is 25.7. The van der Waals surface area contributed by atoms with Gasteiger partial charge in [0, 0.05) is 23.1 Å². The van der Waals surface area contributed by atoms with E-state index in [0.717, 1.165) is 41.7 Å². The van der Waals surface area contributed by atoms with Gasteiger partial charge in [-0.2, -0.15) is 17.6 Å². The largest absolute Gasteiger partial charge is 0.484 e. The van der Waals surface area contributed by atoms with Crippen molar-refractivity contribution in [3.63, 3.8) is 0 Å². The number of nitro benzene ring substituents is 1. The molecular formula is C18H11F4N3O4S. The summed E-state index contributed by atoms with van der Waals surface area (Å²) >= 11 is 1.00. The number of aromatic nitrogens is 1. The van der Waals surface area contributed by atoms with Crippen molar-refractivity contribution in [3.05, 3.63) is 69.3 Å². The van der Waals surface area contributed by atoms with Gasteiger partial charge in [-0.1, -0.05) is 12.1 Å². The van der Waals surface area contributed by atoms with Gasteiger partial charge in [0.25, 0.3) is 5.91 Å². The molecule has 0 bridgehead atoms. The zero-order chi connectivity index (χ0) is 21.9. The highest BCUT2D eigenvalue weighted by Crippen LogP contribution is 2.33. The first kappa shape index (κ1) is 21.2. The quantitative estimate of drug-likeness (QED) is 0.334. The number of anilines is 1. The summed E-state index contributed by atoms with van der Waals surface area (Å²) in [5.41, 5.74) is -1.06. The van der Waals surface area contributed by atoms with Gasteiger partial charge in [-0.25, -0.2) is 4.98 Å². The number of hydrogen-bond acceptors (Lipinski definition) is 6. The van der Waals surface area contributed by atoms with Crippen LogP contribution in [0.4, 0.5) is 28.4 Å². The lowest BCUT2D eigenvalue weighted by Crippen LogP contribution is -2.20. The van der Waals surface area contributed by atoms with Crippen molar-refractivity contribution < 1.29 is 32.0 Å². The first-order valence-corrected chi connectivity index (χ1v) is 9.01. The number of carbonyl (C=O) groups is 1. The fraction of sp³-hybridized carbons (Fsp3) is 0.111. The molecule has 3 rings (SSSR count). The predicted molar refractivity (Wildman–Crippen MR) is 99.7 cm³/mol. The van der Waals surface area contributed by atoms with Gasteiger partial charge >= 0.3 is 11.9 Å². The van der Waals surface area contributed by atoms with Gasteiger partial charge in [-0.3, -0.25) is 20.2 Å². The van der Waals surface area contributed by atoms with E-state index >= 15 is 0 Å². The number of thiazole rings is 1. The molecule has 0 spiro atoms. The molecule has 2 aromatic carbocycles. The fourth-order valence-corrected chi connectivity index (χ4v) is 3.08. The average molecular weight is 441 g/mol. The predicted octanol–water partition coefficient (Wildman–Crippen LogP) is 4.89. The van der Waals surface area contributed by atoms with E-state index in [1.165, 1.54) is 17.5 Å². The number of rotatable bonds is 6. The van der Waals surface area contributed by atoms with Crippen LogP contribution in [0.1, 0.15) is 5.56 Å². The molecule has 0 aliphatic heterocycles. The van der Waals surface area contributed by atoms with E-state index in [1.54, 1.807) is 0 Å². The Labute approximate surface area is 170 Å². The maximum atomic E-state index is 13.5. The number of ether oxygens (including phenoxy) is 1. The molecule has 0 atom stereocenters. The number of nitrogens with one attached hydrogen (secondary N) is 1. The van der Waals surface area contributed by atoms with Crippen molar-refractivity contribution in [3.8, 4) is 17.0 Å². The summed E-state index contributed by atoms with van der Waals surface area (Å²) in [6, 6.07) is 7.44. The summed E-state index contributed by atoms with van der Waals surface area (Å²) in [7, 11) is 0. The van der Waals surface area contributed by atoms with Crippen LogP contribution in [-0.2, 0) is 11.0 Å². The molecule has 0 unspecified atom stereocenters. The van der Waals surface area contributed by atoms with E-state index in [1.807, 2.05) is 0 Å². The number of amides is 1. The maximum absolute atomic E-state index is 13.5.